The van der Waals surface area contributed by atoms with Gasteiger partial charge in [-0.2, -0.15) is 12.1 Å². The van der Waals surface area contributed by atoms with Crippen LogP contribution in [0.1, 0.15) is 77.0 Å². The molecule has 0 N–H and O–H groups in total. The fourth-order valence-corrected chi connectivity index (χ4v) is 6.74. The molecule has 0 radical (unpaired) electrons. The molecule has 7 aromatic rings. The molecule has 5 heterocycles. The predicted octanol–water partition coefficient (Wildman–Crippen LogP) is 11.3. The summed E-state index contributed by atoms with van der Waals surface area (Å²) in [7, 11) is 0. The van der Waals surface area contributed by atoms with Gasteiger partial charge >= 0.3 is 0 Å². The van der Waals surface area contributed by atoms with E-state index in [1.807, 2.05) is 55.1 Å². The van der Waals surface area contributed by atoms with Crippen molar-refractivity contribution < 1.29 is 25.8 Å². The molecular weight excluding hydrogens is 824 g/mol. The van der Waals surface area contributed by atoms with Gasteiger partial charge in [0, 0.05) is 62.4 Å². The van der Waals surface area contributed by atoms with Crippen LogP contribution in [0.2, 0.25) is 0 Å². The maximum Gasteiger partial charge on any atom is 0.135 e. The van der Waals surface area contributed by atoms with Gasteiger partial charge in [-0.3, -0.25) is 4.98 Å². The van der Waals surface area contributed by atoms with Gasteiger partial charge in [0.25, 0.3) is 0 Å². The van der Waals surface area contributed by atoms with E-state index in [4.69, 9.17) is 14.7 Å². The fourth-order valence-electron chi connectivity index (χ4n) is 6.74. The summed E-state index contributed by atoms with van der Waals surface area (Å²) in [5, 5.41) is 2.23. The number of nitrogens with zero attached hydrogens (tertiary/aromatic N) is 6. The molecule has 3 aromatic carbocycles. The van der Waals surface area contributed by atoms with Crippen molar-refractivity contribution in [2.45, 2.75) is 65.7 Å². The molecule has 1 aliphatic heterocycles. The molecule has 4 aromatic heterocycles. The van der Waals surface area contributed by atoms with Crippen molar-refractivity contribution in [2.75, 3.05) is 9.80 Å². The fraction of sp³-hybridized carbons (Fsp3) is 0.227. The van der Waals surface area contributed by atoms with E-state index >= 15 is 0 Å². The van der Waals surface area contributed by atoms with E-state index in [0.717, 1.165) is 50.5 Å². The summed E-state index contributed by atoms with van der Waals surface area (Å²) in [6.45, 7) is 17.6. The second-order valence-corrected chi connectivity index (χ2v) is 14.8. The molecule has 0 unspecified atom stereocenters. The molecule has 8 rings (SSSR count). The van der Waals surface area contributed by atoms with Crippen LogP contribution in [0, 0.1) is 18.8 Å². The van der Waals surface area contributed by atoms with Gasteiger partial charge in [0.1, 0.15) is 11.6 Å². The Labute approximate surface area is 320 Å². The number of aromatic nitrogens is 4. The van der Waals surface area contributed by atoms with Crippen molar-refractivity contribution in [3.05, 3.63) is 139 Å². The van der Waals surface area contributed by atoms with Gasteiger partial charge < -0.3 is 19.1 Å². The average Bonchev–Trinajstić information content (AvgIpc) is 3.67. The zero-order valence-corrected chi connectivity index (χ0v) is 32.7. The SMILES string of the molecule is CC(C)c1cnc(N2[CH-]N(c3[c-]c(Oc4[c-]c5c(cc4)c4ccccc4n5-c4cc(C(C)(C)C)ccn4)ccc3)c3ccncc32)c(C(C)C)c1.[Pt]. The molecule has 0 bridgehead atoms. The Kier molecular flexibility index (Phi) is 9.43. The summed E-state index contributed by atoms with van der Waals surface area (Å²) in [6.07, 6.45) is 7.59. The minimum atomic E-state index is -0.0122. The van der Waals surface area contributed by atoms with Gasteiger partial charge in [-0.05, 0) is 63.6 Å². The number of ether oxygens (including phenoxy) is 1. The van der Waals surface area contributed by atoms with E-state index < -0.39 is 0 Å². The third kappa shape index (κ3) is 6.36. The number of pyridine rings is 3. The molecule has 0 saturated carbocycles. The Morgan fingerprint density at radius 2 is 1.54 bits per heavy atom. The van der Waals surface area contributed by atoms with Gasteiger partial charge in [-0.1, -0.05) is 78.2 Å². The second-order valence-electron chi connectivity index (χ2n) is 14.8. The van der Waals surface area contributed by atoms with Crippen molar-refractivity contribution in [2.24, 2.45) is 0 Å². The molecule has 0 saturated heterocycles. The molecule has 0 atom stereocenters. The smallest absolute Gasteiger partial charge is 0.135 e. The van der Waals surface area contributed by atoms with Crippen LogP contribution >= 0.6 is 0 Å². The standard InChI is InChI=1S/C44H41N6O.Pt/c1-28(2)30-21-37(29(3)4)43(47-25-30)49-27-48(39-18-19-45-26-41(39)49)32-11-10-12-33(23-32)51-34-15-16-36-35-13-8-9-14-38(35)50(40(36)24-34)42-22-31(17-20-46-42)44(5,6)7;/h8-22,25-29H,1-7H3;/q-3;. The summed E-state index contributed by atoms with van der Waals surface area (Å²) in [5.41, 5.74) is 8.40. The first kappa shape index (κ1) is 35.4. The molecule has 0 amide bonds. The van der Waals surface area contributed by atoms with E-state index in [1.165, 1.54) is 16.7 Å². The molecule has 0 spiro atoms. The maximum absolute atomic E-state index is 6.51. The van der Waals surface area contributed by atoms with Crippen LogP contribution in [0.4, 0.5) is 22.9 Å². The number of para-hydroxylation sites is 1. The van der Waals surface area contributed by atoms with E-state index in [1.54, 1.807) is 0 Å². The van der Waals surface area contributed by atoms with Crippen LogP contribution in [0.3, 0.4) is 0 Å². The minimum Gasteiger partial charge on any atom is -0.509 e. The Bertz CT molecular complexity index is 2410. The minimum absolute atomic E-state index is 0. The molecule has 52 heavy (non-hydrogen) atoms. The molecular formula is C44H41N6OPt-3. The Morgan fingerprint density at radius 1 is 0.731 bits per heavy atom. The molecule has 1 aliphatic rings. The first-order valence-corrected chi connectivity index (χ1v) is 17.6. The zero-order chi connectivity index (χ0) is 35.4. The molecule has 7 nitrogen and oxygen atoms in total. The normalized spacial score (nSPS) is 12.9. The van der Waals surface area contributed by atoms with Crippen LogP contribution < -0.4 is 14.5 Å². The first-order chi connectivity index (χ1) is 24.6. The quantitative estimate of drug-likeness (QED) is 0.149. The number of benzene rings is 3. The summed E-state index contributed by atoms with van der Waals surface area (Å²) < 4.78 is 8.69. The summed E-state index contributed by atoms with van der Waals surface area (Å²) >= 11 is 0. The Hall–Kier alpha value is -5.00. The van der Waals surface area contributed by atoms with Crippen LogP contribution in [0.5, 0.6) is 11.5 Å². The number of hydrogen-bond acceptors (Lipinski definition) is 6. The van der Waals surface area contributed by atoms with Crippen molar-refractivity contribution in [3.63, 3.8) is 0 Å². The van der Waals surface area contributed by atoms with Crippen molar-refractivity contribution in [1.29, 1.82) is 0 Å². The first-order valence-electron chi connectivity index (χ1n) is 17.6. The van der Waals surface area contributed by atoms with Crippen molar-refractivity contribution in [1.82, 2.24) is 19.5 Å². The summed E-state index contributed by atoms with van der Waals surface area (Å²) in [6, 6.07) is 34.1. The second kappa shape index (κ2) is 13.9. The van der Waals surface area contributed by atoms with Crippen LogP contribution in [-0.4, -0.2) is 19.5 Å². The van der Waals surface area contributed by atoms with Gasteiger partial charge in [-0.15, -0.1) is 48.1 Å². The Morgan fingerprint density at radius 3 is 2.33 bits per heavy atom. The zero-order valence-electron chi connectivity index (χ0n) is 30.5. The van der Waals surface area contributed by atoms with E-state index in [9.17, 15) is 0 Å². The number of fused-ring (bicyclic) bond motifs is 4. The van der Waals surface area contributed by atoms with Gasteiger partial charge in [0.05, 0.1) is 11.9 Å². The van der Waals surface area contributed by atoms with E-state index in [0.29, 0.717) is 23.3 Å². The third-order valence-electron chi connectivity index (χ3n) is 9.59. The van der Waals surface area contributed by atoms with Crippen LogP contribution in [-0.2, 0) is 26.5 Å². The monoisotopic (exact) mass is 864 g/mol. The van der Waals surface area contributed by atoms with Gasteiger partial charge in [-0.25, -0.2) is 9.97 Å². The molecule has 0 fully saturated rings. The molecule has 0 aliphatic carbocycles. The number of rotatable bonds is 7. The van der Waals surface area contributed by atoms with Crippen molar-refractivity contribution in [3.8, 4) is 17.3 Å². The van der Waals surface area contributed by atoms with Gasteiger partial charge in [0.2, 0.25) is 0 Å². The predicted molar refractivity (Wildman–Crippen MR) is 207 cm³/mol. The Balaban J connectivity index is 0.00000420. The molecule has 8 heteroatoms. The summed E-state index contributed by atoms with van der Waals surface area (Å²) in [5.74, 6) is 3.63. The topological polar surface area (TPSA) is 59.3 Å². The average molecular weight is 865 g/mol. The van der Waals surface area contributed by atoms with Crippen LogP contribution in [0.25, 0.3) is 27.6 Å². The van der Waals surface area contributed by atoms with Gasteiger partial charge in [0.15, 0.2) is 0 Å². The maximum atomic E-state index is 6.51. The van der Waals surface area contributed by atoms with Crippen molar-refractivity contribution >= 4 is 44.7 Å². The van der Waals surface area contributed by atoms with E-state index in [-0.39, 0.29) is 26.5 Å². The number of anilines is 4. The molecule has 266 valence electrons. The summed E-state index contributed by atoms with van der Waals surface area (Å²) in [4.78, 5) is 18.5. The third-order valence-corrected chi connectivity index (χ3v) is 9.59. The van der Waals surface area contributed by atoms with Crippen LogP contribution in [0.15, 0.2) is 104 Å². The number of hydrogen-bond donors (Lipinski definition) is 0. The largest absolute Gasteiger partial charge is 0.509 e. The van der Waals surface area contributed by atoms with E-state index in [2.05, 4.69) is 135 Å².